The van der Waals surface area contributed by atoms with E-state index in [0.29, 0.717) is 17.4 Å². The second-order valence-corrected chi connectivity index (χ2v) is 4.60. The van der Waals surface area contributed by atoms with Crippen LogP contribution in [0.4, 0.5) is 5.82 Å². The summed E-state index contributed by atoms with van der Waals surface area (Å²) in [4.78, 5) is 15.1. The number of hydrogen-bond donors (Lipinski definition) is 3. The molecule has 0 amide bonds. The molecule has 7 heteroatoms. The maximum absolute atomic E-state index is 11.0. The normalized spacial score (nSPS) is 21.8. The van der Waals surface area contributed by atoms with E-state index < -0.39 is 5.97 Å². The minimum Gasteiger partial charge on any atom is -0.485 e. The Kier molecular flexibility index (Phi) is 4.97. The predicted octanol–water partition coefficient (Wildman–Crippen LogP) is 1.08. The summed E-state index contributed by atoms with van der Waals surface area (Å²) in [6, 6.07) is 1.45. The van der Waals surface area contributed by atoms with E-state index in [2.05, 4.69) is 17.2 Å². The van der Waals surface area contributed by atoms with Crippen molar-refractivity contribution in [2.45, 2.75) is 20.0 Å². The number of pyridine rings is 1. The Balaban J connectivity index is 0.00000180. The van der Waals surface area contributed by atoms with Crippen LogP contribution in [0.25, 0.3) is 0 Å². The van der Waals surface area contributed by atoms with E-state index in [0.717, 1.165) is 13.1 Å². The van der Waals surface area contributed by atoms with Gasteiger partial charge in [0.05, 0.1) is 11.3 Å². The standard InChI is InChI=1S/C12H17N3O3.ClH/c1-6-4-14-5-10(6)18-9-3-8(12(16)17)7(2)15-11(9)13;/h3,6,10,14H,4-5H2,1-2H3,(H2,13,15)(H,16,17);1H. The molecule has 2 atom stereocenters. The van der Waals surface area contributed by atoms with Gasteiger partial charge in [-0.15, -0.1) is 12.4 Å². The lowest BCUT2D eigenvalue weighted by atomic mass is 10.1. The number of nitrogens with one attached hydrogen (secondary N) is 1. The Hall–Kier alpha value is -1.53. The van der Waals surface area contributed by atoms with Gasteiger partial charge in [0.2, 0.25) is 0 Å². The number of nitrogen functional groups attached to an aromatic ring is 1. The van der Waals surface area contributed by atoms with Gasteiger partial charge in [0.1, 0.15) is 6.10 Å². The number of rotatable bonds is 3. The van der Waals surface area contributed by atoms with Crippen molar-refractivity contribution in [2.75, 3.05) is 18.8 Å². The quantitative estimate of drug-likeness (QED) is 0.769. The van der Waals surface area contributed by atoms with E-state index in [1.165, 1.54) is 6.07 Å². The lowest BCUT2D eigenvalue weighted by molar-refractivity contribution is 0.0694. The first kappa shape index (κ1) is 15.5. The fraction of sp³-hybridized carbons (Fsp3) is 0.500. The van der Waals surface area contributed by atoms with E-state index in [-0.39, 0.29) is 29.9 Å². The number of halogens is 1. The zero-order valence-corrected chi connectivity index (χ0v) is 11.7. The van der Waals surface area contributed by atoms with Crippen LogP contribution in [0.5, 0.6) is 5.75 Å². The minimum atomic E-state index is -1.03. The van der Waals surface area contributed by atoms with Gasteiger partial charge in [-0.1, -0.05) is 6.92 Å². The van der Waals surface area contributed by atoms with Gasteiger partial charge in [0.25, 0.3) is 0 Å². The van der Waals surface area contributed by atoms with Gasteiger partial charge in [-0.3, -0.25) is 0 Å². The van der Waals surface area contributed by atoms with Gasteiger partial charge < -0.3 is 20.9 Å². The van der Waals surface area contributed by atoms with Gasteiger partial charge >= 0.3 is 5.97 Å². The Morgan fingerprint density at radius 2 is 2.26 bits per heavy atom. The number of hydrogen-bond acceptors (Lipinski definition) is 5. The van der Waals surface area contributed by atoms with Crippen LogP contribution >= 0.6 is 12.4 Å². The number of anilines is 1. The molecule has 0 spiro atoms. The van der Waals surface area contributed by atoms with Crippen molar-refractivity contribution in [3.05, 3.63) is 17.3 Å². The SMILES string of the molecule is Cc1nc(N)c(OC2CNCC2C)cc1C(=O)O.Cl. The van der Waals surface area contributed by atoms with Crippen LogP contribution in [0, 0.1) is 12.8 Å². The van der Waals surface area contributed by atoms with Crippen molar-refractivity contribution < 1.29 is 14.6 Å². The number of nitrogens with zero attached hydrogens (tertiary/aromatic N) is 1. The molecule has 1 aliphatic heterocycles. The maximum atomic E-state index is 11.0. The van der Waals surface area contributed by atoms with Crippen LogP contribution < -0.4 is 15.8 Å². The van der Waals surface area contributed by atoms with Gasteiger partial charge in [-0.2, -0.15) is 0 Å². The maximum Gasteiger partial charge on any atom is 0.337 e. The van der Waals surface area contributed by atoms with Gasteiger partial charge in [-0.25, -0.2) is 9.78 Å². The van der Waals surface area contributed by atoms with E-state index >= 15 is 0 Å². The number of carboxylic acid groups (broad SMARTS) is 1. The van der Waals surface area contributed by atoms with Crippen LogP contribution in [0.1, 0.15) is 23.0 Å². The van der Waals surface area contributed by atoms with Crippen LogP contribution in [0.15, 0.2) is 6.07 Å². The third kappa shape index (κ3) is 3.27. The average molecular weight is 288 g/mol. The molecule has 0 saturated carbocycles. The summed E-state index contributed by atoms with van der Waals surface area (Å²) >= 11 is 0. The average Bonchev–Trinajstić information content (AvgIpc) is 2.67. The molecule has 4 N–H and O–H groups in total. The Bertz CT molecular complexity index is 482. The number of aryl methyl sites for hydroxylation is 1. The Labute approximate surface area is 117 Å². The highest BCUT2D eigenvalue weighted by Crippen LogP contribution is 2.26. The molecule has 1 aromatic rings. The molecule has 1 aromatic heterocycles. The third-order valence-electron chi connectivity index (χ3n) is 3.16. The zero-order chi connectivity index (χ0) is 13.3. The van der Waals surface area contributed by atoms with Crippen molar-refractivity contribution in [3.8, 4) is 5.75 Å². The molecule has 2 rings (SSSR count). The summed E-state index contributed by atoms with van der Waals surface area (Å²) in [5.74, 6) is -0.0865. The van der Waals surface area contributed by atoms with Gasteiger partial charge in [0, 0.05) is 25.1 Å². The van der Waals surface area contributed by atoms with Crippen molar-refractivity contribution in [1.82, 2.24) is 10.3 Å². The second-order valence-electron chi connectivity index (χ2n) is 4.60. The van der Waals surface area contributed by atoms with Crippen LogP contribution in [-0.2, 0) is 0 Å². The molecule has 0 bridgehead atoms. The number of carbonyl (C=O) groups is 1. The molecule has 0 aliphatic carbocycles. The van der Waals surface area contributed by atoms with Crippen molar-refractivity contribution >= 4 is 24.2 Å². The van der Waals surface area contributed by atoms with Crippen LogP contribution in [-0.4, -0.2) is 35.3 Å². The van der Waals surface area contributed by atoms with Crippen molar-refractivity contribution in [1.29, 1.82) is 0 Å². The largest absolute Gasteiger partial charge is 0.485 e. The molecule has 1 saturated heterocycles. The molecule has 2 unspecified atom stereocenters. The van der Waals surface area contributed by atoms with E-state index in [9.17, 15) is 4.79 Å². The van der Waals surface area contributed by atoms with Crippen molar-refractivity contribution in [2.24, 2.45) is 5.92 Å². The molecular formula is C12H18ClN3O3. The lowest BCUT2D eigenvalue weighted by Crippen LogP contribution is -2.25. The number of ether oxygens (including phenoxy) is 1. The van der Waals surface area contributed by atoms with Gasteiger partial charge in [0.15, 0.2) is 11.6 Å². The topological polar surface area (TPSA) is 97.5 Å². The third-order valence-corrected chi connectivity index (χ3v) is 3.16. The molecule has 1 fully saturated rings. The summed E-state index contributed by atoms with van der Waals surface area (Å²) in [5.41, 5.74) is 6.28. The Morgan fingerprint density at radius 1 is 1.58 bits per heavy atom. The number of nitrogens with two attached hydrogens (primary N) is 1. The Morgan fingerprint density at radius 3 is 2.79 bits per heavy atom. The van der Waals surface area contributed by atoms with Crippen molar-refractivity contribution in [3.63, 3.8) is 0 Å². The molecule has 0 aromatic carbocycles. The highest BCUT2D eigenvalue weighted by Gasteiger charge is 2.26. The number of aromatic nitrogens is 1. The molecular weight excluding hydrogens is 270 g/mol. The minimum absolute atomic E-state index is 0. The first-order valence-corrected chi connectivity index (χ1v) is 5.87. The van der Waals surface area contributed by atoms with Crippen LogP contribution in [0.2, 0.25) is 0 Å². The predicted molar refractivity (Wildman–Crippen MR) is 74.0 cm³/mol. The molecule has 1 aliphatic rings. The highest BCUT2D eigenvalue weighted by molar-refractivity contribution is 5.89. The molecule has 6 nitrogen and oxygen atoms in total. The molecule has 0 radical (unpaired) electrons. The van der Waals surface area contributed by atoms with Gasteiger partial charge in [-0.05, 0) is 6.92 Å². The highest BCUT2D eigenvalue weighted by atomic mass is 35.5. The molecule has 19 heavy (non-hydrogen) atoms. The summed E-state index contributed by atoms with van der Waals surface area (Å²) in [6.45, 7) is 5.30. The fourth-order valence-corrected chi connectivity index (χ4v) is 2.02. The number of carboxylic acids is 1. The smallest absolute Gasteiger partial charge is 0.337 e. The molecule has 2 heterocycles. The zero-order valence-electron chi connectivity index (χ0n) is 10.8. The van der Waals surface area contributed by atoms with E-state index in [1.54, 1.807) is 6.92 Å². The lowest BCUT2D eigenvalue weighted by Gasteiger charge is -2.18. The first-order chi connectivity index (χ1) is 8.49. The summed E-state index contributed by atoms with van der Waals surface area (Å²) in [6.07, 6.45) is -0.00143. The summed E-state index contributed by atoms with van der Waals surface area (Å²) in [5, 5.41) is 12.3. The summed E-state index contributed by atoms with van der Waals surface area (Å²) in [7, 11) is 0. The molecule has 106 valence electrons. The fourth-order valence-electron chi connectivity index (χ4n) is 2.02. The second kappa shape index (κ2) is 6.08. The monoisotopic (exact) mass is 287 g/mol. The number of aromatic carboxylic acids is 1. The summed E-state index contributed by atoms with van der Waals surface area (Å²) < 4.78 is 5.75. The van der Waals surface area contributed by atoms with E-state index in [1.807, 2.05) is 0 Å². The van der Waals surface area contributed by atoms with Crippen LogP contribution in [0.3, 0.4) is 0 Å². The van der Waals surface area contributed by atoms with E-state index in [4.69, 9.17) is 15.6 Å². The first-order valence-electron chi connectivity index (χ1n) is 5.87.